The summed E-state index contributed by atoms with van der Waals surface area (Å²) in [7, 11) is 0. The molecule has 0 aliphatic heterocycles. The van der Waals surface area contributed by atoms with Gasteiger partial charge < -0.3 is 14.4 Å². The molecule has 0 saturated heterocycles. The minimum Gasteiger partial charge on any atom is -0.463 e. The van der Waals surface area contributed by atoms with Gasteiger partial charge in [-0.25, -0.2) is 9.59 Å². The summed E-state index contributed by atoms with van der Waals surface area (Å²) in [5.74, 6) is -0.783. The molecule has 0 aromatic heterocycles. The predicted molar refractivity (Wildman–Crippen MR) is 140 cm³/mol. The van der Waals surface area contributed by atoms with Crippen LogP contribution in [-0.4, -0.2) is 25.2 Å². The topological polar surface area (TPSA) is 55.8 Å². The molecule has 0 aliphatic rings. The molecule has 5 heteroatoms. The number of nitrogens with zero attached hydrogens (tertiary/aromatic N) is 1. The first-order valence-corrected chi connectivity index (χ1v) is 11.7. The highest BCUT2D eigenvalue weighted by molar-refractivity contribution is 5.81. The number of aryl methyl sites for hydroxylation is 2. The van der Waals surface area contributed by atoms with Crippen molar-refractivity contribution in [3.63, 3.8) is 0 Å². The van der Waals surface area contributed by atoms with Gasteiger partial charge in [0.05, 0.1) is 13.2 Å². The van der Waals surface area contributed by atoms with Gasteiger partial charge in [-0.3, -0.25) is 0 Å². The van der Waals surface area contributed by atoms with Crippen LogP contribution >= 0.6 is 0 Å². The Morgan fingerprint density at radius 3 is 1.80 bits per heavy atom. The zero-order valence-corrected chi connectivity index (χ0v) is 19.9. The second kappa shape index (κ2) is 13.6. The first-order chi connectivity index (χ1) is 17.1. The van der Waals surface area contributed by atoms with Crippen molar-refractivity contribution < 1.29 is 19.1 Å². The van der Waals surface area contributed by atoms with Crippen LogP contribution in [0.2, 0.25) is 0 Å². The van der Waals surface area contributed by atoms with Crippen molar-refractivity contribution in [1.29, 1.82) is 0 Å². The molecular weight excluding hydrogens is 438 g/mol. The highest BCUT2D eigenvalue weighted by Crippen LogP contribution is 2.35. The maximum atomic E-state index is 11.2. The Hall–Kier alpha value is -4.12. The van der Waals surface area contributed by atoms with Crippen LogP contribution in [0.4, 0.5) is 17.1 Å². The summed E-state index contributed by atoms with van der Waals surface area (Å²) >= 11 is 0. The average Bonchev–Trinajstić information content (AvgIpc) is 2.90. The van der Waals surface area contributed by atoms with Crippen LogP contribution in [0.3, 0.4) is 0 Å². The van der Waals surface area contributed by atoms with Gasteiger partial charge in [-0.1, -0.05) is 55.6 Å². The number of carbonyl (C=O) groups is 2. The lowest BCUT2D eigenvalue weighted by Gasteiger charge is -2.26. The van der Waals surface area contributed by atoms with Crippen molar-refractivity contribution in [3.05, 3.63) is 115 Å². The number of hydrogen-bond donors (Lipinski definition) is 0. The number of carbonyl (C=O) groups excluding carboxylic acids is 2. The highest BCUT2D eigenvalue weighted by atomic mass is 16.5. The summed E-state index contributed by atoms with van der Waals surface area (Å²) in [6.07, 6.45) is 5.48. The van der Waals surface area contributed by atoms with Crippen LogP contribution in [0, 0.1) is 0 Å². The number of para-hydroxylation sites is 1. The zero-order valence-electron chi connectivity index (χ0n) is 19.9. The molecule has 0 bridgehead atoms. The lowest BCUT2D eigenvalue weighted by atomic mass is 10.1. The van der Waals surface area contributed by atoms with Crippen molar-refractivity contribution in [1.82, 2.24) is 0 Å². The van der Waals surface area contributed by atoms with Gasteiger partial charge in [0.1, 0.15) is 0 Å². The van der Waals surface area contributed by atoms with E-state index in [1.54, 1.807) is 0 Å². The van der Waals surface area contributed by atoms with Crippen LogP contribution in [-0.2, 0) is 31.9 Å². The SMILES string of the molecule is C=CC(=O)OCCCc1ccc(N(c2ccccc2)c2cccc(CCCOC(=O)C=C)c2)cc1. The highest BCUT2D eigenvalue weighted by Gasteiger charge is 2.13. The van der Waals surface area contributed by atoms with Crippen LogP contribution in [0.15, 0.2) is 104 Å². The van der Waals surface area contributed by atoms with Crippen LogP contribution in [0.25, 0.3) is 0 Å². The molecule has 0 unspecified atom stereocenters. The maximum Gasteiger partial charge on any atom is 0.330 e. The normalized spacial score (nSPS) is 10.3. The number of esters is 2. The van der Waals surface area contributed by atoms with Gasteiger partial charge in [0.2, 0.25) is 0 Å². The average molecular weight is 470 g/mol. The number of anilines is 3. The minimum atomic E-state index is -0.393. The molecule has 0 fully saturated rings. The second-order valence-electron chi connectivity index (χ2n) is 7.96. The molecule has 0 N–H and O–H groups in total. The van der Waals surface area contributed by atoms with Gasteiger partial charge in [-0.15, -0.1) is 0 Å². The predicted octanol–water partition coefficient (Wildman–Crippen LogP) is 6.48. The van der Waals surface area contributed by atoms with E-state index in [0.717, 1.165) is 42.7 Å². The first kappa shape index (κ1) is 25.5. The number of hydrogen-bond acceptors (Lipinski definition) is 5. The summed E-state index contributed by atoms with van der Waals surface area (Å²) in [5, 5.41) is 0. The van der Waals surface area contributed by atoms with E-state index >= 15 is 0 Å². The van der Waals surface area contributed by atoms with E-state index < -0.39 is 5.97 Å². The molecule has 3 rings (SSSR count). The molecule has 0 atom stereocenters. The summed E-state index contributed by atoms with van der Waals surface area (Å²) in [6, 6.07) is 27.1. The van der Waals surface area contributed by atoms with Crippen LogP contribution < -0.4 is 4.90 Å². The molecule has 0 amide bonds. The molecular formula is C30H31NO4. The fourth-order valence-electron chi connectivity index (χ4n) is 3.70. The largest absolute Gasteiger partial charge is 0.463 e. The minimum absolute atomic E-state index is 0.367. The second-order valence-corrected chi connectivity index (χ2v) is 7.96. The molecule has 5 nitrogen and oxygen atoms in total. The van der Waals surface area contributed by atoms with E-state index in [0.29, 0.717) is 13.2 Å². The molecule has 3 aromatic carbocycles. The Balaban J connectivity index is 1.73. The Morgan fingerprint density at radius 1 is 0.657 bits per heavy atom. The summed E-state index contributed by atoms with van der Waals surface area (Å²) in [5.41, 5.74) is 5.52. The van der Waals surface area contributed by atoms with E-state index in [4.69, 9.17) is 9.47 Å². The van der Waals surface area contributed by atoms with Gasteiger partial charge in [-0.05, 0) is 73.2 Å². The molecule has 0 saturated carbocycles. The third-order valence-corrected chi connectivity index (χ3v) is 5.42. The van der Waals surface area contributed by atoms with Crippen LogP contribution in [0.5, 0.6) is 0 Å². The molecule has 0 radical (unpaired) electrons. The Morgan fingerprint density at radius 2 is 1.20 bits per heavy atom. The molecule has 0 heterocycles. The fourth-order valence-corrected chi connectivity index (χ4v) is 3.70. The number of ether oxygens (including phenoxy) is 2. The summed E-state index contributed by atoms with van der Waals surface area (Å²) in [6.45, 7) is 7.57. The first-order valence-electron chi connectivity index (χ1n) is 11.7. The van der Waals surface area contributed by atoms with E-state index in [2.05, 4.69) is 78.7 Å². The Kier molecular flexibility index (Phi) is 9.88. The van der Waals surface area contributed by atoms with E-state index in [1.807, 2.05) is 18.2 Å². The van der Waals surface area contributed by atoms with Crippen molar-refractivity contribution in [3.8, 4) is 0 Å². The quantitative estimate of drug-likeness (QED) is 0.163. The van der Waals surface area contributed by atoms with Crippen molar-refractivity contribution in [2.24, 2.45) is 0 Å². The molecule has 0 aliphatic carbocycles. The van der Waals surface area contributed by atoms with Gasteiger partial charge >= 0.3 is 11.9 Å². The molecule has 180 valence electrons. The number of rotatable bonds is 13. The smallest absolute Gasteiger partial charge is 0.330 e. The molecule has 35 heavy (non-hydrogen) atoms. The summed E-state index contributed by atoms with van der Waals surface area (Å²) < 4.78 is 10.2. The zero-order chi connectivity index (χ0) is 24.9. The van der Waals surface area contributed by atoms with Gasteiger partial charge in [0.25, 0.3) is 0 Å². The third kappa shape index (κ3) is 8.00. The lowest BCUT2D eigenvalue weighted by Crippen LogP contribution is -2.10. The number of benzene rings is 3. The van der Waals surface area contributed by atoms with E-state index in [9.17, 15) is 9.59 Å². The summed E-state index contributed by atoms with van der Waals surface area (Å²) in [4.78, 5) is 24.6. The van der Waals surface area contributed by atoms with Gasteiger partial charge in [-0.2, -0.15) is 0 Å². The monoisotopic (exact) mass is 469 g/mol. The Bertz CT molecular complexity index is 1120. The van der Waals surface area contributed by atoms with Gasteiger partial charge in [0, 0.05) is 29.2 Å². The van der Waals surface area contributed by atoms with Crippen molar-refractivity contribution >= 4 is 29.0 Å². The fraction of sp³-hybridized carbons (Fsp3) is 0.200. The standard InChI is InChI=1S/C30H31NO4/c1-3-29(32)34-21-9-12-24-17-19-27(20-18-24)31(26-14-6-5-7-15-26)28-16-8-11-25(23-28)13-10-22-35-30(33)4-2/h3-8,11,14-20,23H,1-2,9-10,12-13,21-22H2. The van der Waals surface area contributed by atoms with Crippen LogP contribution in [0.1, 0.15) is 24.0 Å². The van der Waals surface area contributed by atoms with E-state index in [1.165, 1.54) is 23.3 Å². The van der Waals surface area contributed by atoms with E-state index in [-0.39, 0.29) is 5.97 Å². The third-order valence-electron chi connectivity index (χ3n) is 5.42. The van der Waals surface area contributed by atoms with Gasteiger partial charge in [0.15, 0.2) is 0 Å². The van der Waals surface area contributed by atoms with Crippen molar-refractivity contribution in [2.75, 3.05) is 18.1 Å². The molecule has 3 aromatic rings. The maximum absolute atomic E-state index is 11.2. The molecule has 0 spiro atoms. The lowest BCUT2D eigenvalue weighted by molar-refractivity contribution is -0.138. The Labute approximate surface area is 207 Å². The van der Waals surface area contributed by atoms with Crippen molar-refractivity contribution in [2.45, 2.75) is 25.7 Å².